The van der Waals surface area contributed by atoms with Crippen LogP contribution in [0.1, 0.15) is 6.92 Å². The van der Waals surface area contributed by atoms with Crippen LogP contribution in [0.25, 0.3) is 10.8 Å². The van der Waals surface area contributed by atoms with Gasteiger partial charge >= 0.3 is 0 Å². The molecule has 0 atom stereocenters. The molecule has 2 nitrogen and oxygen atoms in total. The van der Waals surface area contributed by atoms with Crippen molar-refractivity contribution in [2.45, 2.75) is 6.92 Å². The molecule has 0 aliphatic heterocycles. The summed E-state index contributed by atoms with van der Waals surface area (Å²) in [4.78, 5) is 11.8. The molecule has 0 aliphatic carbocycles. The number of carbonyl (C=O) groups is 1. The fourth-order valence-electron chi connectivity index (χ4n) is 1.80. The van der Waals surface area contributed by atoms with Crippen LogP contribution in [0.4, 0.5) is 5.69 Å². The van der Waals surface area contributed by atoms with Gasteiger partial charge in [0.1, 0.15) is 0 Å². The van der Waals surface area contributed by atoms with E-state index >= 15 is 0 Å². The number of anilines is 1. The Hall–Kier alpha value is -1.87. The number of rotatable bonds is 3. The van der Waals surface area contributed by atoms with Gasteiger partial charge in [-0.25, -0.2) is 0 Å². The third-order valence-corrected chi connectivity index (χ3v) is 3.37. The van der Waals surface area contributed by atoms with Crippen LogP contribution in [0, 0.1) is 0 Å². The number of hydrogen-bond donors (Lipinski definition) is 1. The number of carbonyl (C=O) groups excluding carboxylic acids is 1. The number of nitrogens with one attached hydrogen (secondary N) is 1. The molecule has 19 heavy (non-hydrogen) atoms. The number of halogens is 1. The van der Waals surface area contributed by atoms with Crippen LogP contribution in [0.2, 0.25) is 0 Å². The summed E-state index contributed by atoms with van der Waals surface area (Å²) >= 11 is 3.51. The van der Waals surface area contributed by atoms with E-state index in [9.17, 15) is 4.79 Å². The van der Waals surface area contributed by atoms with Crippen LogP contribution in [0.3, 0.4) is 0 Å². The molecule has 96 valence electrons. The van der Waals surface area contributed by atoms with Gasteiger partial charge in [0.15, 0.2) is 0 Å². The molecule has 0 aliphatic rings. The summed E-state index contributed by atoms with van der Waals surface area (Å²) in [6.45, 7) is 1.91. The van der Waals surface area contributed by atoms with Crippen molar-refractivity contribution >= 4 is 38.3 Å². The Kier molecular flexibility index (Phi) is 4.53. The molecule has 2 aromatic rings. The second kappa shape index (κ2) is 6.34. The minimum Gasteiger partial charge on any atom is -0.322 e. The summed E-state index contributed by atoms with van der Waals surface area (Å²) in [6.07, 6.45) is 6.92. The summed E-state index contributed by atoms with van der Waals surface area (Å²) in [7, 11) is 0. The summed E-state index contributed by atoms with van der Waals surface area (Å²) in [5.74, 6) is -0.134. The molecule has 0 aromatic heterocycles. The quantitative estimate of drug-likeness (QED) is 0.647. The molecule has 0 heterocycles. The lowest BCUT2D eigenvalue weighted by Crippen LogP contribution is -2.08. The summed E-state index contributed by atoms with van der Waals surface area (Å²) in [6, 6.07) is 11.8. The van der Waals surface area contributed by atoms with E-state index in [1.54, 1.807) is 6.08 Å². The standard InChI is InChI=1S/C16H14BrNO/c1-2-3-4-9-16(19)18-15-11-10-14(17)12-7-5-6-8-13(12)15/h2-11H,1H3,(H,18,19). The Labute approximate surface area is 121 Å². The maximum absolute atomic E-state index is 11.8. The van der Waals surface area contributed by atoms with Crippen LogP contribution in [0.5, 0.6) is 0 Å². The normalized spacial score (nSPS) is 11.5. The van der Waals surface area contributed by atoms with Gasteiger partial charge in [0.25, 0.3) is 0 Å². The van der Waals surface area contributed by atoms with E-state index in [1.165, 1.54) is 6.08 Å². The van der Waals surface area contributed by atoms with Crippen molar-refractivity contribution in [3.05, 3.63) is 65.2 Å². The molecule has 0 spiro atoms. The summed E-state index contributed by atoms with van der Waals surface area (Å²) in [5, 5.41) is 4.99. The van der Waals surface area contributed by atoms with Crippen molar-refractivity contribution in [1.82, 2.24) is 0 Å². The van der Waals surface area contributed by atoms with Crippen molar-refractivity contribution in [3.63, 3.8) is 0 Å². The first-order valence-corrected chi connectivity index (χ1v) is 6.79. The molecule has 0 fully saturated rings. The van der Waals surface area contributed by atoms with E-state index in [1.807, 2.05) is 55.5 Å². The monoisotopic (exact) mass is 315 g/mol. The van der Waals surface area contributed by atoms with Gasteiger partial charge in [-0.3, -0.25) is 4.79 Å². The highest BCUT2D eigenvalue weighted by atomic mass is 79.9. The number of hydrogen-bond acceptors (Lipinski definition) is 1. The molecule has 1 N–H and O–H groups in total. The average molecular weight is 316 g/mol. The lowest BCUT2D eigenvalue weighted by Gasteiger charge is -2.08. The first kappa shape index (κ1) is 13.6. The first-order chi connectivity index (χ1) is 9.22. The van der Waals surface area contributed by atoms with Crippen molar-refractivity contribution in [3.8, 4) is 0 Å². The lowest BCUT2D eigenvalue weighted by atomic mass is 10.1. The van der Waals surface area contributed by atoms with Gasteiger partial charge in [0.2, 0.25) is 5.91 Å². The lowest BCUT2D eigenvalue weighted by molar-refractivity contribution is -0.111. The molecule has 0 bridgehead atoms. The average Bonchev–Trinajstić information content (AvgIpc) is 2.43. The molecule has 0 saturated heterocycles. The van der Waals surface area contributed by atoms with E-state index in [2.05, 4.69) is 21.2 Å². The Morgan fingerprint density at radius 2 is 1.84 bits per heavy atom. The van der Waals surface area contributed by atoms with E-state index in [0.29, 0.717) is 0 Å². The van der Waals surface area contributed by atoms with Crippen molar-refractivity contribution in [2.24, 2.45) is 0 Å². The summed E-state index contributed by atoms with van der Waals surface area (Å²) in [5.41, 5.74) is 0.814. The molecule has 3 heteroatoms. The fourth-order valence-corrected chi connectivity index (χ4v) is 2.28. The van der Waals surface area contributed by atoms with Crippen LogP contribution in [-0.2, 0) is 4.79 Å². The topological polar surface area (TPSA) is 29.1 Å². The third-order valence-electron chi connectivity index (χ3n) is 2.68. The van der Waals surface area contributed by atoms with Crippen molar-refractivity contribution < 1.29 is 4.79 Å². The largest absolute Gasteiger partial charge is 0.322 e. The SMILES string of the molecule is CC=CC=CC(=O)Nc1ccc(Br)c2ccccc12. The highest BCUT2D eigenvalue weighted by Crippen LogP contribution is 2.29. The van der Waals surface area contributed by atoms with Crippen LogP contribution in [-0.4, -0.2) is 5.91 Å². The minimum atomic E-state index is -0.134. The minimum absolute atomic E-state index is 0.134. The van der Waals surface area contributed by atoms with Gasteiger partial charge in [0, 0.05) is 21.6 Å². The smallest absolute Gasteiger partial charge is 0.248 e. The highest BCUT2D eigenvalue weighted by molar-refractivity contribution is 9.10. The summed E-state index contributed by atoms with van der Waals surface area (Å²) < 4.78 is 1.02. The predicted molar refractivity (Wildman–Crippen MR) is 84.2 cm³/mol. The van der Waals surface area contributed by atoms with Crippen LogP contribution < -0.4 is 5.32 Å². The zero-order chi connectivity index (χ0) is 13.7. The third kappa shape index (κ3) is 3.32. The zero-order valence-electron chi connectivity index (χ0n) is 10.6. The van der Waals surface area contributed by atoms with Crippen molar-refractivity contribution in [1.29, 1.82) is 0 Å². The van der Waals surface area contributed by atoms with E-state index < -0.39 is 0 Å². The molecule has 1 amide bonds. The van der Waals surface area contributed by atoms with Crippen LogP contribution >= 0.6 is 15.9 Å². The Morgan fingerprint density at radius 3 is 2.58 bits per heavy atom. The van der Waals surface area contributed by atoms with E-state index in [4.69, 9.17) is 0 Å². The van der Waals surface area contributed by atoms with Crippen LogP contribution in [0.15, 0.2) is 65.2 Å². The Balaban J connectivity index is 2.31. The van der Waals surface area contributed by atoms with Gasteiger partial charge in [-0.2, -0.15) is 0 Å². The van der Waals surface area contributed by atoms with E-state index in [0.717, 1.165) is 20.9 Å². The van der Waals surface area contributed by atoms with Gasteiger partial charge in [-0.05, 0) is 24.4 Å². The maximum Gasteiger partial charge on any atom is 0.248 e. The second-order valence-corrected chi connectivity index (χ2v) is 4.87. The number of fused-ring (bicyclic) bond motifs is 1. The molecule has 0 radical (unpaired) electrons. The predicted octanol–water partition coefficient (Wildman–Crippen LogP) is 4.67. The number of amides is 1. The Bertz CT molecular complexity index is 659. The molecular formula is C16H14BrNO. The second-order valence-electron chi connectivity index (χ2n) is 4.01. The molecule has 0 saturated carbocycles. The van der Waals surface area contributed by atoms with Gasteiger partial charge in [-0.15, -0.1) is 0 Å². The van der Waals surface area contributed by atoms with Crippen molar-refractivity contribution in [2.75, 3.05) is 5.32 Å². The Morgan fingerprint density at radius 1 is 1.11 bits per heavy atom. The molecule has 2 aromatic carbocycles. The zero-order valence-corrected chi connectivity index (χ0v) is 12.1. The van der Waals surface area contributed by atoms with Gasteiger partial charge in [-0.1, -0.05) is 58.4 Å². The number of allylic oxidation sites excluding steroid dienone is 3. The fraction of sp³-hybridized carbons (Fsp3) is 0.0625. The van der Waals surface area contributed by atoms with Gasteiger partial charge < -0.3 is 5.32 Å². The number of benzene rings is 2. The van der Waals surface area contributed by atoms with E-state index in [-0.39, 0.29) is 5.91 Å². The molecular weight excluding hydrogens is 302 g/mol. The first-order valence-electron chi connectivity index (χ1n) is 6.00. The highest BCUT2D eigenvalue weighted by Gasteiger charge is 2.05. The molecule has 2 rings (SSSR count). The maximum atomic E-state index is 11.8. The van der Waals surface area contributed by atoms with Gasteiger partial charge in [0.05, 0.1) is 0 Å². The molecule has 0 unspecified atom stereocenters.